The van der Waals surface area contributed by atoms with Crippen molar-refractivity contribution in [3.63, 3.8) is 0 Å². The molecule has 3 nitrogen and oxygen atoms in total. The third kappa shape index (κ3) is 3.35. The number of hydrogen-bond donors (Lipinski definition) is 0. The van der Waals surface area contributed by atoms with Gasteiger partial charge in [-0.2, -0.15) is 5.26 Å². The average Bonchev–Trinajstić information content (AvgIpc) is 2.27. The first-order chi connectivity index (χ1) is 7.67. The zero-order chi connectivity index (χ0) is 12.0. The Kier molecular flexibility index (Phi) is 4.46. The summed E-state index contributed by atoms with van der Waals surface area (Å²) in [5, 5.41) is 8.91. The lowest BCUT2D eigenvalue weighted by atomic mass is 9.97. The molecule has 1 rings (SSSR count). The number of nitriles is 1. The maximum atomic E-state index is 12.7. The van der Waals surface area contributed by atoms with Crippen LogP contribution in [0, 0.1) is 17.1 Å². The fraction of sp³-hybridized carbons (Fsp3) is 0.333. The molecule has 0 aliphatic heterocycles. The number of esters is 1. The zero-order valence-corrected chi connectivity index (χ0v) is 8.94. The molecule has 0 aliphatic rings. The minimum atomic E-state index is -0.584. The van der Waals surface area contributed by atoms with Gasteiger partial charge in [0.15, 0.2) is 0 Å². The number of halogens is 1. The molecule has 0 aromatic heterocycles. The van der Waals surface area contributed by atoms with E-state index in [-0.39, 0.29) is 12.2 Å². The summed E-state index contributed by atoms with van der Waals surface area (Å²) in [6.07, 6.45) is -0.00400. The molecule has 0 N–H and O–H groups in total. The second kappa shape index (κ2) is 5.86. The largest absolute Gasteiger partial charge is 0.466 e. The summed E-state index contributed by atoms with van der Waals surface area (Å²) in [6, 6.07) is 7.55. The first-order valence-corrected chi connectivity index (χ1v) is 4.98. The number of ether oxygens (including phenoxy) is 1. The summed E-state index contributed by atoms with van der Waals surface area (Å²) in [4.78, 5) is 11.2. The second-order valence-electron chi connectivity index (χ2n) is 3.24. The fourth-order valence-electron chi connectivity index (χ4n) is 1.32. The molecule has 0 saturated carbocycles. The molecule has 0 fully saturated rings. The summed E-state index contributed by atoms with van der Waals surface area (Å²) >= 11 is 0. The lowest BCUT2D eigenvalue weighted by Crippen LogP contribution is -2.09. The van der Waals surface area contributed by atoms with Crippen LogP contribution >= 0.6 is 0 Å². The highest BCUT2D eigenvalue weighted by atomic mass is 19.1. The van der Waals surface area contributed by atoms with Gasteiger partial charge in [0.1, 0.15) is 5.82 Å². The van der Waals surface area contributed by atoms with E-state index in [2.05, 4.69) is 0 Å². The standard InChI is InChI=1S/C12H12FNO2/c1-2-16-12(15)7-10(8-14)9-3-5-11(13)6-4-9/h3-6,10H,2,7H2,1H3. The summed E-state index contributed by atoms with van der Waals surface area (Å²) in [5.41, 5.74) is 0.622. The highest BCUT2D eigenvalue weighted by Crippen LogP contribution is 2.19. The van der Waals surface area contributed by atoms with E-state index in [1.165, 1.54) is 24.3 Å². The van der Waals surface area contributed by atoms with Crippen LogP contribution in [-0.2, 0) is 9.53 Å². The van der Waals surface area contributed by atoms with Crippen LogP contribution in [0.25, 0.3) is 0 Å². The Morgan fingerprint density at radius 3 is 2.62 bits per heavy atom. The van der Waals surface area contributed by atoms with Gasteiger partial charge in [0, 0.05) is 0 Å². The normalized spacial score (nSPS) is 11.6. The molecule has 4 heteroatoms. The van der Waals surface area contributed by atoms with E-state index in [0.29, 0.717) is 12.2 Å². The van der Waals surface area contributed by atoms with Crippen molar-refractivity contribution in [2.45, 2.75) is 19.3 Å². The smallest absolute Gasteiger partial charge is 0.307 e. The van der Waals surface area contributed by atoms with Crippen molar-refractivity contribution in [3.05, 3.63) is 35.6 Å². The van der Waals surface area contributed by atoms with Crippen molar-refractivity contribution < 1.29 is 13.9 Å². The predicted octanol–water partition coefficient (Wildman–Crippen LogP) is 2.39. The average molecular weight is 221 g/mol. The molecule has 84 valence electrons. The molecule has 1 unspecified atom stereocenters. The molecule has 16 heavy (non-hydrogen) atoms. The minimum Gasteiger partial charge on any atom is -0.466 e. The summed E-state index contributed by atoms with van der Waals surface area (Å²) in [5.74, 6) is -1.37. The van der Waals surface area contributed by atoms with Crippen molar-refractivity contribution in [3.8, 4) is 6.07 Å². The van der Waals surface area contributed by atoms with Crippen LogP contribution in [0.15, 0.2) is 24.3 Å². The third-order valence-corrected chi connectivity index (χ3v) is 2.10. The fourth-order valence-corrected chi connectivity index (χ4v) is 1.32. The number of carbonyl (C=O) groups excluding carboxylic acids is 1. The van der Waals surface area contributed by atoms with Gasteiger partial charge < -0.3 is 4.74 Å². The van der Waals surface area contributed by atoms with Gasteiger partial charge in [-0.25, -0.2) is 4.39 Å². The molecule has 0 radical (unpaired) electrons. The number of benzene rings is 1. The summed E-state index contributed by atoms with van der Waals surface area (Å²) in [6.45, 7) is 2.00. The van der Waals surface area contributed by atoms with Gasteiger partial charge in [-0.3, -0.25) is 4.79 Å². The van der Waals surface area contributed by atoms with Crippen LogP contribution in [0.1, 0.15) is 24.8 Å². The lowest BCUT2D eigenvalue weighted by molar-refractivity contribution is -0.143. The topological polar surface area (TPSA) is 50.1 Å². The van der Waals surface area contributed by atoms with Crippen molar-refractivity contribution in [1.82, 2.24) is 0 Å². The summed E-state index contributed by atoms with van der Waals surface area (Å²) in [7, 11) is 0. The predicted molar refractivity (Wildman–Crippen MR) is 56.0 cm³/mol. The van der Waals surface area contributed by atoms with Crippen LogP contribution in [0.4, 0.5) is 4.39 Å². The van der Waals surface area contributed by atoms with Gasteiger partial charge in [0.05, 0.1) is 25.0 Å². The highest BCUT2D eigenvalue weighted by Gasteiger charge is 2.16. The molecule has 1 atom stereocenters. The molecule has 0 heterocycles. The Labute approximate surface area is 93.5 Å². The number of nitrogens with zero attached hydrogens (tertiary/aromatic N) is 1. The Balaban J connectivity index is 2.72. The van der Waals surface area contributed by atoms with E-state index in [4.69, 9.17) is 10.00 Å². The summed E-state index contributed by atoms with van der Waals surface area (Å²) < 4.78 is 17.4. The lowest BCUT2D eigenvalue weighted by Gasteiger charge is -2.08. The van der Waals surface area contributed by atoms with Crippen LogP contribution < -0.4 is 0 Å². The molecule has 0 aliphatic carbocycles. The van der Waals surface area contributed by atoms with E-state index in [9.17, 15) is 9.18 Å². The molecule has 0 bridgehead atoms. The van der Waals surface area contributed by atoms with Gasteiger partial charge in [-0.15, -0.1) is 0 Å². The second-order valence-corrected chi connectivity index (χ2v) is 3.24. The molecule has 0 amide bonds. The van der Waals surface area contributed by atoms with Crippen molar-refractivity contribution in [1.29, 1.82) is 5.26 Å². The van der Waals surface area contributed by atoms with Gasteiger partial charge in [-0.1, -0.05) is 12.1 Å². The van der Waals surface area contributed by atoms with Crippen molar-refractivity contribution >= 4 is 5.97 Å². The van der Waals surface area contributed by atoms with Crippen LogP contribution in [0.3, 0.4) is 0 Å². The van der Waals surface area contributed by atoms with E-state index in [1.807, 2.05) is 6.07 Å². The van der Waals surface area contributed by atoms with E-state index in [0.717, 1.165) is 0 Å². The third-order valence-electron chi connectivity index (χ3n) is 2.10. The van der Waals surface area contributed by atoms with Gasteiger partial charge in [0.25, 0.3) is 0 Å². The maximum absolute atomic E-state index is 12.7. The monoisotopic (exact) mass is 221 g/mol. The molecule has 1 aromatic rings. The molecular weight excluding hydrogens is 209 g/mol. The van der Waals surface area contributed by atoms with Crippen molar-refractivity contribution in [2.75, 3.05) is 6.61 Å². The van der Waals surface area contributed by atoms with E-state index < -0.39 is 11.9 Å². The van der Waals surface area contributed by atoms with Gasteiger partial charge in [-0.05, 0) is 24.6 Å². The van der Waals surface area contributed by atoms with Crippen LogP contribution in [0.2, 0.25) is 0 Å². The quantitative estimate of drug-likeness (QED) is 0.733. The molecule has 1 aromatic carbocycles. The molecule has 0 spiro atoms. The van der Waals surface area contributed by atoms with Crippen LogP contribution in [-0.4, -0.2) is 12.6 Å². The van der Waals surface area contributed by atoms with E-state index in [1.54, 1.807) is 6.92 Å². The first-order valence-electron chi connectivity index (χ1n) is 4.98. The Hall–Kier alpha value is -1.89. The Morgan fingerprint density at radius 1 is 1.50 bits per heavy atom. The highest BCUT2D eigenvalue weighted by molar-refractivity contribution is 5.71. The van der Waals surface area contributed by atoms with Gasteiger partial charge >= 0.3 is 5.97 Å². The number of carbonyl (C=O) groups is 1. The maximum Gasteiger partial charge on any atom is 0.307 e. The van der Waals surface area contributed by atoms with Crippen LogP contribution in [0.5, 0.6) is 0 Å². The number of rotatable bonds is 4. The van der Waals surface area contributed by atoms with Gasteiger partial charge in [0.2, 0.25) is 0 Å². The zero-order valence-electron chi connectivity index (χ0n) is 8.94. The minimum absolute atomic E-state index is 0.00400. The van der Waals surface area contributed by atoms with Crippen molar-refractivity contribution in [2.24, 2.45) is 0 Å². The Morgan fingerprint density at radius 2 is 2.12 bits per heavy atom. The molecular formula is C12H12FNO2. The SMILES string of the molecule is CCOC(=O)CC(C#N)c1ccc(F)cc1. The first kappa shape index (κ1) is 12.2. The molecule has 0 saturated heterocycles. The Bertz CT molecular complexity index is 394. The number of hydrogen-bond acceptors (Lipinski definition) is 3. The van der Waals surface area contributed by atoms with E-state index >= 15 is 0 Å².